The summed E-state index contributed by atoms with van der Waals surface area (Å²) in [6, 6.07) is 18.1. The van der Waals surface area contributed by atoms with Gasteiger partial charge in [-0.2, -0.15) is 0 Å². The number of carbonyl (C=O) groups excluding carboxylic acids is 3. The van der Waals surface area contributed by atoms with Gasteiger partial charge in [0, 0.05) is 17.7 Å². The molecule has 31 heavy (non-hydrogen) atoms. The highest BCUT2D eigenvalue weighted by Crippen LogP contribution is 2.41. The molecule has 2 aromatic rings. The molecule has 1 saturated heterocycles. The third-order valence-corrected chi connectivity index (χ3v) is 6.75. The second-order valence-corrected chi connectivity index (χ2v) is 8.65. The van der Waals surface area contributed by atoms with Crippen LogP contribution in [-0.2, 0) is 19.1 Å². The summed E-state index contributed by atoms with van der Waals surface area (Å²) < 4.78 is 5.96. The van der Waals surface area contributed by atoms with Crippen molar-refractivity contribution < 1.29 is 19.1 Å². The summed E-state index contributed by atoms with van der Waals surface area (Å²) in [6.07, 6.45) is 0.303. The van der Waals surface area contributed by atoms with Crippen molar-refractivity contribution in [2.45, 2.75) is 37.3 Å². The van der Waals surface area contributed by atoms with Crippen LogP contribution in [0.25, 0.3) is 0 Å². The SMILES string of the molecule is CCCC(=O)C1=C(C(=O)OC(c2ccccc2)c2ccccc2)N2C(=O)C(N)[C@@H]2SC1. The predicted molar refractivity (Wildman–Crippen MR) is 119 cm³/mol. The van der Waals surface area contributed by atoms with Crippen molar-refractivity contribution in [3.8, 4) is 0 Å². The van der Waals surface area contributed by atoms with Crippen molar-refractivity contribution >= 4 is 29.4 Å². The number of amides is 1. The summed E-state index contributed by atoms with van der Waals surface area (Å²) in [6.45, 7) is 1.90. The third-order valence-electron chi connectivity index (χ3n) is 5.45. The van der Waals surface area contributed by atoms with Crippen molar-refractivity contribution in [1.82, 2.24) is 4.90 Å². The largest absolute Gasteiger partial charge is 0.448 e. The molecule has 0 aromatic heterocycles. The summed E-state index contributed by atoms with van der Waals surface area (Å²) in [7, 11) is 0. The lowest BCUT2D eigenvalue weighted by Gasteiger charge is -2.48. The van der Waals surface area contributed by atoms with Gasteiger partial charge < -0.3 is 10.5 Å². The minimum absolute atomic E-state index is 0.0470. The molecule has 1 amide bonds. The fourth-order valence-corrected chi connectivity index (χ4v) is 5.16. The number of esters is 1. The van der Waals surface area contributed by atoms with E-state index in [4.69, 9.17) is 10.5 Å². The molecule has 160 valence electrons. The Kier molecular flexibility index (Phi) is 6.25. The first-order chi connectivity index (χ1) is 15.0. The molecule has 2 aromatic carbocycles. The molecule has 2 heterocycles. The Labute approximate surface area is 185 Å². The van der Waals surface area contributed by atoms with Gasteiger partial charge in [-0.05, 0) is 17.5 Å². The Hall–Kier alpha value is -2.90. The summed E-state index contributed by atoms with van der Waals surface area (Å²) in [5.74, 6) is -0.832. The van der Waals surface area contributed by atoms with E-state index in [1.54, 1.807) is 0 Å². The molecule has 0 radical (unpaired) electrons. The fourth-order valence-electron chi connectivity index (χ4n) is 3.84. The van der Waals surface area contributed by atoms with Crippen LogP contribution in [0.1, 0.15) is 37.0 Å². The number of nitrogens with two attached hydrogens (primary N) is 1. The molecule has 2 N–H and O–H groups in total. The number of hydrogen-bond donors (Lipinski definition) is 1. The smallest absolute Gasteiger partial charge is 0.356 e. The molecule has 2 aliphatic rings. The molecular weight excluding hydrogens is 412 g/mol. The highest BCUT2D eigenvalue weighted by Gasteiger charge is 2.53. The number of Topliss-reactive ketones (excluding diaryl/α,β-unsaturated/α-hetero) is 1. The van der Waals surface area contributed by atoms with Gasteiger partial charge in [-0.3, -0.25) is 14.5 Å². The third kappa shape index (κ3) is 4.03. The molecule has 1 fully saturated rings. The molecule has 1 unspecified atom stereocenters. The zero-order chi connectivity index (χ0) is 22.0. The van der Waals surface area contributed by atoms with Gasteiger partial charge in [0.05, 0.1) is 0 Å². The van der Waals surface area contributed by atoms with Crippen LogP contribution >= 0.6 is 11.8 Å². The van der Waals surface area contributed by atoms with E-state index in [1.165, 1.54) is 16.7 Å². The van der Waals surface area contributed by atoms with Crippen LogP contribution in [0.4, 0.5) is 0 Å². The lowest BCUT2D eigenvalue weighted by Crippen LogP contribution is -2.68. The van der Waals surface area contributed by atoms with Crippen molar-refractivity contribution in [3.05, 3.63) is 83.1 Å². The van der Waals surface area contributed by atoms with Gasteiger partial charge >= 0.3 is 5.97 Å². The van der Waals surface area contributed by atoms with Gasteiger partial charge in [0.25, 0.3) is 0 Å². The van der Waals surface area contributed by atoms with Crippen molar-refractivity contribution in [2.24, 2.45) is 5.73 Å². The fraction of sp³-hybridized carbons (Fsp3) is 0.292. The van der Waals surface area contributed by atoms with E-state index in [-0.39, 0.29) is 22.8 Å². The van der Waals surface area contributed by atoms with E-state index in [1.807, 2.05) is 67.6 Å². The minimum atomic E-state index is -0.678. The molecule has 7 heteroatoms. The highest BCUT2D eigenvalue weighted by molar-refractivity contribution is 8.00. The normalized spacial score (nSPS) is 20.4. The predicted octanol–water partition coefficient (Wildman–Crippen LogP) is 3.18. The molecule has 0 aliphatic carbocycles. The summed E-state index contributed by atoms with van der Waals surface area (Å²) in [5, 5.41) is -0.347. The molecular formula is C24H24N2O4S. The molecule has 0 saturated carbocycles. The van der Waals surface area contributed by atoms with Gasteiger partial charge in [0.2, 0.25) is 5.91 Å². The van der Waals surface area contributed by atoms with Gasteiger partial charge in [-0.1, -0.05) is 67.6 Å². The van der Waals surface area contributed by atoms with Crippen LogP contribution in [0.2, 0.25) is 0 Å². The van der Waals surface area contributed by atoms with Crippen LogP contribution in [0.15, 0.2) is 71.9 Å². The first-order valence-corrected chi connectivity index (χ1v) is 11.3. The molecule has 0 bridgehead atoms. The van der Waals surface area contributed by atoms with E-state index < -0.39 is 18.1 Å². The lowest BCUT2D eigenvalue weighted by molar-refractivity contribution is -0.153. The summed E-state index contributed by atoms with van der Waals surface area (Å²) >= 11 is 1.41. The maximum atomic E-state index is 13.4. The second-order valence-electron chi connectivity index (χ2n) is 7.54. The molecule has 2 atom stereocenters. The number of carbonyl (C=O) groups is 3. The zero-order valence-electron chi connectivity index (χ0n) is 17.2. The number of benzene rings is 2. The van der Waals surface area contributed by atoms with Crippen molar-refractivity contribution in [1.29, 1.82) is 0 Å². The number of nitrogens with zero attached hydrogens (tertiary/aromatic N) is 1. The number of ketones is 1. The lowest BCUT2D eigenvalue weighted by atomic mass is 9.99. The topological polar surface area (TPSA) is 89.7 Å². The summed E-state index contributed by atoms with van der Waals surface area (Å²) in [5.41, 5.74) is 7.93. The van der Waals surface area contributed by atoms with Gasteiger partial charge in [-0.25, -0.2) is 4.79 Å². The zero-order valence-corrected chi connectivity index (χ0v) is 18.0. The maximum absolute atomic E-state index is 13.4. The number of β-lactam (4-membered cyclic amide) rings is 1. The monoisotopic (exact) mass is 436 g/mol. The average molecular weight is 437 g/mol. The number of fused-ring (bicyclic) bond motifs is 1. The molecule has 4 rings (SSSR count). The van der Waals surface area contributed by atoms with Crippen LogP contribution in [0.3, 0.4) is 0 Å². The van der Waals surface area contributed by atoms with Crippen LogP contribution in [0, 0.1) is 0 Å². The Balaban J connectivity index is 1.72. The van der Waals surface area contributed by atoms with E-state index in [0.29, 0.717) is 24.2 Å². The molecule has 0 spiro atoms. The first kappa shape index (κ1) is 21.3. The van der Waals surface area contributed by atoms with Gasteiger partial charge in [0.1, 0.15) is 17.1 Å². The Morgan fingerprint density at radius 2 is 1.68 bits per heavy atom. The average Bonchev–Trinajstić information content (AvgIpc) is 2.82. The second kappa shape index (κ2) is 9.08. The molecule has 6 nitrogen and oxygen atoms in total. The van der Waals surface area contributed by atoms with Crippen molar-refractivity contribution in [2.75, 3.05) is 5.75 Å². The minimum Gasteiger partial charge on any atom is -0.448 e. The van der Waals surface area contributed by atoms with Crippen molar-refractivity contribution in [3.63, 3.8) is 0 Å². The quantitative estimate of drug-likeness (QED) is 0.530. The van der Waals surface area contributed by atoms with Crippen LogP contribution in [-0.4, -0.2) is 39.7 Å². The van der Waals surface area contributed by atoms with Gasteiger partial charge in [-0.15, -0.1) is 11.8 Å². The Morgan fingerprint density at radius 1 is 1.10 bits per heavy atom. The number of hydrogen-bond acceptors (Lipinski definition) is 6. The van der Waals surface area contributed by atoms with Crippen LogP contribution < -0.4 is 5.73 Å². The standard InChI is InChI=1S/C24H24N2O4S/c1-2-9-18(27)17-14-31-23-19(25)22(28)26(23)20(17)24(29)30-21(15-10-5-3-6-11-15)16-12-7-4-8-13-16/h3-8,10-13,19,21,23H,2,9,14,25H2,1H3/t19?,23-/m0/s1. The highest BCUT2D eigenvalue weighted by atomic mass is 32.2. The number of ether oxygens (including phenoxy) is 1. The number of rotatable bonds is 7. The molecule has 2 aliphatic heterocycles. The van der Waals surface area contributed by atoms with Gasteiger partial charge in [0.15, 0.2) is 11.9 Å². The Morgan fingerprint density at radius 3 is 2.23 bits per heavy atom. The maximum Gasteiger partial charge on any atom is 0.356 e. The first-order valence-electron chi connectivity index (χ1n) is 10.3. The van der Waals surface area contributed by atoms with E-state index in [0.717, 1.165) is 11.1 Å². The number of thioether (sulfide) groups is 1. The Bertz CT molecular complexity index is 983. The van der Waals surface area contributed by atoms with E-state index >= 15 is 0 Å². The van der Waals surface area contributed by atoms with E-state index in [9.17, 15) is 14.4 Å². The summed E-state index contributed by atoms with van der Waals surface area (Å²) in [4.78, 5) is 40.0. The van der Waals surface area contributed by atoms with E-state index in [2.05, 4.69) is 0 Å². The van der Waals surface area contributed by atoms with Crippen LogP contribution in [0.5, 0.6) is 0 Å².